The summed E-state index contributed by atoms with van der Waals surface area (Å²) < 4.78 is 51.5. The normalized spacial score (nSPS) is 19.6. The first-order valence-electron chi connectivity index (χ1n) is 7.48. The van der Waals surface area contributed by atoms with Gasteiger partial charge in [-0.1, -0.05) is 0 Å². The molecular weight excluding hydrogens is 376 g/mol. The number of carboxylic acid groups (broad SMARTS) is 1. The molecule has 24 heavy (non-hydrogen) atoms. The Labute approximate surface area is 145 Å². The van der Waals surface area contributed by atoms with E-state index in [9.17, 15) is 21.6 Å². The van der Waals surface area contributed by atoms with E-state index in [1.165, 1.54) is 13.0 Å². The van der Waals surface area contributed by atoms with Gasteiger partial charge in [0.2, 0.25) is 10.0 Å². The summed E-state index contributed by atoms with van der Waals surface area (Å²) in [7, 11) is -7.12. The molecule has 0 amide bonds. The van der Waals surface area contributed by atoms with E-state index in [1.807, 2.05) is 0 Å². The molecule has 0 spiro atoms. The molecule has 0 bridgehead atoms. The molecule has 0 unspecified atom stereocenters. The van der Waals surface area contributed by atoms with Crippen molar-refractivity contribution in [3.63, 3.8) is 0 Å². The van der Waals surface area contributed by atoms with Crippen molar-refractivity contribution < 1.29 is 26.7 Å². The third kappa shape index (κ3) is 4.33. The first-order valence-corrected chi connectivity index (χ1v) is 11.4. The molecule has 0 aromatic carbocycles. The van der Waals surface area contributed by atoms with Crippen LogP contribution in [-0.4, -0.2) is 57.1 Å². The highest BCUT2D eigenvalue weighted by atomic mass is 32.2. The maximum absolute atomic E-state index is 12.6. The van der Waals surface area contributed by atoms with Crippen molar-refractivity contribution in [2.24, 2.45) is 0 Å². The fraction of sp³-hybridized carbons (Fsp3) is 0.615. The molecule has 1 aliphatic heterocycles. The lowest BCUT2D eigenvalue weighted by Crippen LogP contribution is -2.40. The van der Waals surface area contributed by atoms with Crippen LogP contribution in [0.4, 0.5) is 0 Å². The van der Waals surface area contributed by atoms with Crippen LogP contribution in [0, 0.1) is 0 Å². The Hall–Kier alpha value is -1.01. The molecule has 1 aromatic rings. The molecule has 1 saturated heterocycles. The van der Waals surface area contributed by atoms with Gasteiger partial charge in [-0.3, -0.25) is 4.79 Å². The topological polar surface area (TPSA) is 121 Å². The third-order valence-electron chi connectivity index (χ3n) is 3.76. The number of aliphatic carboxylic acids is 1. The summed E-state index contributed by atoms with van der Waals surface area (Å²) >= 11 is 1.04. The van der Waals surface area contributed by atoms with Crippen LogP contribution in [0.5, 0.6) is 0 Å². The first-order chi connectivity index (χ1) is 11.2. The zero-order valence-electron chi connectivity index (χ0n) is 13.1. The van der Waals surface area contributed by atoms with Gasteiger partial charge in [0.05, 0.1) is 5.75 Å². The van der Waals surface area contributed by atoms with Crippen molar-refractivity contribution in [2.45, 2.75) is 36.4 Å². The molecular formula is C13H20N2O6S3. The lowest BCUT2D eigenvalue weighted by molar-refractivity contribution is -0.140. The Bertz CT molecular complexity index is 799. The zero-order chi connectivity index (χ0) is 18.0. The van der Waals surface area contributed by atoms with Crippen molar-refractivity contribution in [1.82, 2.24) is 9.03 Å². The second-order valence-electron chi connectivity index (χ2n) is 5.38. The van der Waals surface area contributed by atoms with Crippen molar-refractivity contribution in [2.75, 3.05) is 18.8 Å². The third-order valence-corrected chi connectivity index (χ3v) is 8.69. The average molecular weight is 397 g/mol. The van der Waals surface area contributed by atoms with Gasteiger partial charge in [-0.25, -0.2) is 21.6 Å². The van der Waals surface area contributed by atoms with E-state index in [2.05, 4.69) is 4.72 Å². The molecule has 2 N–H and O–H groups in total. The van der Waals surface area contributed by atoms with Gasteiger partial charge in [-0.15, -0.1) is 11.3 Å². The molecule has 1 atom stereocenters. The van der Waals surface area contributed by atoms with Gasteiger partial charge in [0.25, 0.3) is 10.0 Å². The van der Waals surface area contributed by atoms with Crippen LogP contribution in [0.25, 0.3) is 0 Å². The highest BCUT2D eigenvalue weighted by Gasteiger charge is 2.40. The molecule has 1 aliphatic rings. The number of hydrogen-bond acceptors (Lipinski definition) is 6. The molecule has 1 fully saturated rings. The van der Waals surface area contributed by atoms with Gasteiger partial charge in [0.1, 0.15) is 10.3 Å². The number of nitrogens with one attached hydrogen (secondary N) is 1. The summed E-state index contributed by atoms with van der Waals surface area (Å²) in [6.45, 7) is 1.92. The number of rotatable bonds is 8. The first kappa shape index (κ1) is 19.3. The second kappa shape index (κ2) is 7.48. The van der Waals surface area contributed by atoms with E-state index < -0.39 is 32.1 Å². The predicted octanol–water partition coefficient (Wildman–Crippen LogP) is 0.468. The van der Waals surface area contributed by atoms with Crippen molar-refractivity contribution in [3.05, 3.63) is 17.0 Å². The van der Waals surface area contributed by atoms with Crippen LogP contribution < -0.4 is 4.72 Å². The van der Waals surface area contributed by atoms with Gasteiger partial charge in [-0.05, 0) is 38.3 Å². The smallest absolute Gasteiger partial charge is 0.322 e. The Morgan fingerprint density at radius 2 is 2.08 bits per heavy atom. The minimum absolute atomic E-state index is 0.0113. The molecule has 1 aromatic heterocycles. The van der Waals surface area contributed by atoms with Crippen LogP contribution in [0.2, 0.25) is 0 Å². The highest BCUT2D eigenvalue weighted by Crippen LogP contribution is 2.30. The molecule has 2 heterocycles. The lowest BCUT2D eigenvalue weighted by atomic mass is 10.2. The Morgan fingerprint density at radius 3 is 2.71 bits per heavy atom. The molecule has 11 heteroatoms. The fourth-order valence-electron chi connectivity index (χ4n) is 2.45. The largest absolute Gasteiger partial charge is 0.480 e. The van der Waals surface area contributed by atoms with E-state index in [0.717, 1.165) is 20.5 Å². The highest BCUT2D eigenvalue weighted by molar-refractivity contribution is 7.91. The summed E-state index contributed by atoms with van der Waals surface area (Å²) in [4.78, 5) is 11.9. The van der Waals surface area contributed by atoms with Crippen LogP contribution in [0.15, 0.2) is 16.3 Å². The number of carbonyl (C=O) groups is 1. The number of nitrogens with zero attached hydrogens (tertiary/aromatic N) is 1. The SMILES string of the molecule is CCS(=O)(=O)NCCc1ccc(S(=O)(=O)N2CCC[C@H]2C(=O)O)s1. The van der Waals surface area contributed by atoms with Gasteiger partial charge in [-0.2, -0.15) is 4.31 Å². The van der Waals surface area contributed by atoms with E-state index >= 15 is 0 Å². The lowest BCUT2D eigenvalue weighted by Gasteiger charge is -2.19. The summed E-state index contributed by atoms with van der Waals surface area (Å²) in [6, 6.07) is 2.06. The van der Waals surface area contributed by atoms with Crippen molar-refractivity contribution >= 4 is 37.4 Å². The van der Waals surface area contributed by atoms with Crippen molar-refractivity contribution in [3.8, 4) is 0 Å². The number of thiophene rings is 1. The molecule has 0 saturated carbocycles. The van der Waals surface area contributed by atoms with E-state index in [-0.39, 0.29) is 23.1 Å². The van der Waals surface area contributed by atoms with Gasteiger partial charge >= 0.3 is 5.97 Å². The van der Waals surface area contributed by atoms with Crippen LogP contribution >= 0.6 is 11.3 Å². The van der Waals surface area contributed by atoms with Crippen LogP contribution in [0.3, 0.4) is 0 Å². The summed E-state index contributed by atoms with van der Waals surface area (Å²) in [5.41, 5.74) is 0. The molecule has 0 aliphatic carbocycles. The fourth-order valence-corrected chi connectivity index (χ4v) is 6.21. The summed E-state index contributed by atoms with van der Waals surface area (Å²) in [5.74, 6) is -1.15. The second-order valence-corrected chi connectivity index (χ2v) is 10.8. The number of carboxylic acids is 1. The molecule has 136 valence electrons. The van der Waals surface area contributed by atoms with E-state index in [0.29, 0.717) is 19.3 Å². The minimum atomic E-state index is -3.84. The Morgan fingerprint density at radius 1 is 1.38 bits per heavy atom. The van der Waals surface area contributed by atoms with Gasteiger partial charge < -0.3 is 5.11 Å². The maximum atomic E-state index is 12.6. The van der Waals surface area contributed by atoms with Crippen molar-refractivity contribution in [1.29, 1.82) is 0 Å². The van der Waals surface area contributed by atoms with Gasteiger partial charge in [0.15, 0.2) is 0 Å². The average Bonchev–Trinajstić information content (AvgIpc) is 3.16. The monoisotopic (exact) mass is 396 g/mol. The zero-order valence-corrected chi connectivity index (χ0v) is 15.6. The molecule has 8 nitrogen and oxygen atoms in total. The number of hydrogen-bond donors (Lipinski definition) is 2. The minimum Gasteiger partial charge on any atom is -0.480 e. The molecule has 0 radical (unpaired) electrons. The van der Waals surface area contributed by atoms with Gasteiger partial charge in [0, 0.05) is 18.0 Å². The van der Waals surface area contributed by atoms with Crippen LogP contribution in [0.1, 0.15) is 24.6 Å². The quantitative estimate of drug-likeness (QED) is 0.659. The summed E-state index contributed by atoms with van der Waals surface area (Å²) in [5, 5.41) is 9.15. The summed E-state index contributed by atoms with van der Waals surface area (Å²) in [6.07, 6.45) is 1.21. The number of sulfonamides is 2. The standard InChI is InChI=1S/C13H20N2O6S3/c1-2-23(18,19)14-8-7-10-5-6-12(22-10)24(20,21)15-9-3-4-11(15)13(16)17/h5-6,11,14H,2-4,7-9H2,1H3,(H,16,17)/t11-/m0/s1. The van der Waals surface area contributed by atoms with E-state index in [4.69, 9.17) is 5.11 Å². The Kier molecular flexibility index (Phi) is 6.02. The predicted molar refractivity (Wildman–Crippen MR) is 90.0 cm³/mol. The van der Waals surface area contributed by atoms with Crippen LogP contribution in [-0.2, 0) is 31.3 Å². The van der Waals surface area contributed by atoms with E-state index in [1.54, 1.807) is 6.07 Å². The maximum Gasteiger partial charge on any atom is 0.322 e. The Balaban J connectivity index is 2.08. The molecule has 2 rings (SSSR count).